The molecule has 0 radical (unpaired) electrons. The standard InChI is InChI=1S/C75H88BN3O/c1-67(2)31-33-69(5,6)52-39-45(27-29-48(52)67)77-59-44-55-54(71(9,10)35-36-72(55,11)12)43-56(59)76-63-60(77)41-47(78-57-25-21-19-23-50(57)75(17,18)51-24-20-22-26-58(51)78)42-61(63)79(46-28-30-49-53(40-46)70(7,8)34-32-68(49,3)4)64-62-65(80-66(64)76)74(15,16)38-37-73(62,13)14/h19-30,39-44H,31-38H2,1-18H3. The van der Waals surface area contributed by atoms with Crippen molar-refractivity contribution in [3.05, 3.63) is 165 Å². The molecule has 6 aromatic carbocycles. The maximum absolute atomic E-state index is 8.02. The van der Waals surface area contributed by atoms with Crippen molar-refractivity contribution in [1.82, 2.24) is 0 Å². The van der Waals surface area contributed by atoms with E-state index in [0.29, 0.717) is 0 Å². The Hall–Kier alpha value is -5.94. The Kier molecular flexibility index (Phi) is 10.6. The summed E-state index contributed by atoms with van der Waals surface area (Å²) in [5, 5.41) is 0. The maximum Gasteiger partial charge on any atom is 0.297 e. The average molecular weight is 1060 g/mol. The first-order chi connectivity index (χ1) is 37.4. The van der Waals surface area contributed by atoms with Crippen LogP contribution < -0.4 is 31.3 Å². The van der Waals surface area contributed by atoms with Crippen LogP contribution in [0.4, 0.5) is 51.2 Å². The maximum atomic E-state index is 8.02. The van der Waals surface area contributed by atoms with Crippen molar-refractivity contribution in [2.75, 3.05) is 14.7 Å². The second-order valence-electron chi connectivity index (χ2n) is 32.0. The van der Waals surface area contributed by atoms with Crippen LogP contribution in [0, 0.1) is 0 Å². The van der Waals surface area contributed by atoms with Gasteiger partial charge in [-0.15, -0.1) is 0 Å². The Bertz CT molecular complexity index is 3760. The summed E-state index contributed by atoms with van der Waals surface area (Å²) in [4.78, 5) is 8.11. The molecule has 5 heteroatoms. The van der Waals surface area contributed by atoms with E-state index in [9.17, 15) is 0 Å². The molecule has 7 aliphatic rings. The van der Waals surface area contributed by atoms with Crippen LogP contribution in [-0.4, -0.2) is 6.71 Å². The van der Waals surface area contributed by atoms with Crippen molar-refractivity contribution in [2.45, 2.75) is 225 Å². The highest BCUT2D eigenvalue weighted by Gasteiger charge is 2.54. The lowest BCUT2D eigenvalue weighted by atomic mass is 9.35. The van der Waals surface area contributed by atoms with Crippen LogP contribution in [0.5, 0.6) is 0 Å². The van der Waals surface area contributed by atoms with E-state index in [2.05, 4.69) is 249 Å². The Morgan fingerprint density at radius 1 is 0.338 bits per heavy atom. The van der Waals surface area contributed by atoms with Crippen LogP contribution in [0.1, 0.15) is 232 Å². The molecule has 80 heavy (non-hydrogen) atoms. The summed E-state index contributed by atoms with van der Waals surface area (Å²) in [6.07, 6.45) is 9.13. The second-order valence-corrected chi connectivity index (χ2v) is 32.0. The molecule has 4 aliphatic carbocycles. The highest BCUT2D eigenvalue weighted by molar-refractivity contribution is 6.99. The fraction of sp³-hybridized carbons (Fsp3) is 0.467. The fourth-order valence-corrected chi connectivity index (χ4v) is 16.9. The van der Waals surface area contributed by atoms with Crippen LogP contribution in [0.25, 0.3) is 0 Å². The summed E-state index contributed by atoms with van der Waals surface area (Å²) in [5.74, 6) is 1.17. The quantitative estimate of drug-likeness (QED) is 0.165. The third-order valence-corrected chi connectivity index (χ3v) is 22.6. The molecule has 3 aliphatic heterocycles. The zero-order valence-electron chi connectivity index (χ0n) is 51.9. The number of furan rings is 1. The molecular weight excluding hydrogens is 970 g/mol. The van der Waals surface area contributed by atoms with Gasteiger partial charge in [0.25, 0.3) is 6.71 Å². The third-order valence-electron chi connectivity index (χ3n) is 22.6. The van der Waals surface area contributed by atoms with E-state index in [1.165, 1.54) is 131 Å². The van der Waals surface area contributed by atoms with Crippen molar-refractivity contribution < 1.29 is 4.42 Å². The second kappa shape index (κ2) is 16.2. The van der Waals surface area contributed by atoms with E-state index in [1.54, 1.807) is 0 Å². The van der Waals surface area contributed by atoms with Crippen molar-refractivity contribution in [2.24, 2.45) is 0 Å². The lowest BCUT2D eigenvalue weighted by Crippen LogP contribution is -2.61. The van der Waals surface area contributed by atoms with Gasteiger partial charge in [0.05, 0.1) is 28.4 Å². The van der Waals surface area contributed by atoms with Crippen LogP contribution in [0.2, 0.25) is 0 Å². The van der Waals surface area contributed by atoms with Crippen LogP contribution in [-0.2, 0) is 48.7 Å². The summed E-state index contributed by atoms with van der Waals surface area (Å²) in [6, 6.07) is 44.3. The minimum atomic E-state index is -0.204. The first-order valence-corrected chi connectivity index (χ1v) is 30.8. The van der Waals surface area contributed by atoms with Crippen molar-refractivity contribution >= 4 is 74.5 Å². The molecule has 0 atom stereocenters. The number of hydrogen-bond acceptors (Lipinski definition) is 4. The lowest BCUT2D eigenvalue weighted by Gasteiger charge is -2.48. The summed E-state index contributed by atoms with van der Waals surface area (Å²) in [6.45, 7) is 44.4. The Labute approximate surface area is 480 Å². The number of rotatable bonds is 3. The number of hydrogen-bond donors (Lipinski definition) is 0. The summed E-state index contributed by atoms with van der Waals surface area (Å²) >= 11 is 0. The van der Waals surface area contributed by atoms with Crippen molar-refractivity contribution in [1.29, 1.82) is 0 Å². The molecule has 0 unspecified atom stereocenters. The van der Waals surface area contributed by atoms with Gasteiger partial charge in [-0.25, -0.2) is 0 Å². The topological polar surface area (TPSA) is 22.9 Å². The SMILES string of the molecule is CC1(C)CCC(C)(C)c2cc(N3c4cc5c(cc4B4c6oc7c(c6N(c6ccc8c(c6)C(C)(C)CCC8(C)C)c6cc(N8c9ccccc9C(C)(C)c9ccccc98)cc3c64)C(C)(C)CCC7(C)C)C(C)(C)CCC5(C)C)ccc21. The predicted octanol–water partition coefficient (Wildman–Crippen LogP) is 18.9. The molecule has 4 heterocycles. The van der Waals surface area contributed by atoms with Crippen LogP contribution >= 0.6 is 0 Å². The summed E-state index contributed by atoms with van der Waals surface area (Å²) in [5.41, 5.74) is 27.6. The normalized spacial score (nSPS) is 22.5. The zero-order valence-corrected chi connectivity index (χ0v) is 51.9. The third kappa shape index (κ3) is 7.12. The van der Waals surface area contributed by atoms with Gasteiger partial charge in [0, 0.05) is 44.8 Å². The Morgan fingerprint density at radius 2 is 0.738 bits per heavy atom. The molecule has 0 amide bonds. The Balaban J connectivity index is 1.17. The number of fused-ring (bicyclic) bond motifs is 11. The molecule has 1 aromatic heterocycles. The van der Waals surface area contributed by atoms with E-state index in [4.69, 9.17) is 4.42 Å². The predicted molar refractivity (Wildman–Crippen MR) is 341 cm³/mol. The summed E-state index contributed by atoms with van der Waals surface area (Å²) < 4.78 is 8.02. The molecule has 7 aromatic rings. The van der Waals surface area contributed by atoms with E-state index in [0.717, 1.165) is 44.2 Å². The van der Waals surface area contributed by atoms with Crippen LogP contribution in [0.3, 0.4) is 0 Å². The number of para-hydroxylation sites is 2. The number of nitrogens with zero attached hydrogens (tertiary/aromatic N) is 3. The van der Waals surface area contributed by atoms with E-state index >= 15 is 0 Å². The molecule has 0 bridgehead atoms. The Morgan fingerprint density at radius 3 is 1.25 bits per heavy atom. The van der Waals surface area contributed by atoms with Gasteiger partial charge in [-0.1, -0.05) is 179 Å². The largest absolute Gasteiger partial charge is 0.472 e. The van der Waals surface area contributed by atoms with E-state index in [1.807, 2.05) is 0 Å². The molecular formula is C75H88BN3O. The molecule has 412 valence electrons. The zero-order chi connectivity index (χ0) is 56.6. The fourth-order valence-electron chi connectivity index (χ4n) is 16.9. The van der Waals surface area contributed by atoms with Crippen molar-refractivity contribution in [3.8, 4) is 0 Å². The van der Waals surface area contributed by atoms with Gasteiger partial charge >= 0.3 is 0 Å². The highest BCUT2D eigenvalue weighted by Crippen LogP contribution is 2.60. The first kappa shape index (κ1) is 52.2. The minimum absolute atomic E-state index is 0.00154. The smallest absolute Gasteiger partial charge is 0.297 e. The first-order valence-electron chi connectivity index (χ1n) is 30.8. The summed E-state index contributed by atoms with van der Waals surface area (Å²) in [7, 11) is 0. The van der Waals surface area contributed by atoms with Gasteiger partial charge in [-0.05, 0) is 199 Å². The van der Waals surface area contributed by atoms with Crippen LogP contribution in [0.15, 0.2) is 114 Å². The average Bonchev–Trinajstić information content (AvgIpc) is 1.66. The monoisotopic (exact) mass is 1060 g/mol. The van der Waals surface area contributed by atoms with E-state index in [-0.39, 0.29) is 55.4 Å². The van der Waals surface area contributed by atoms with Gasteiger partial charge in [-0.3, -0.25) is 0 Å². The number of benzene rings is 6. The van der Waals surface area contributed by atoms with Crippen molar-refractivity contribution in [3.63, 3.8) is 0 Å². The van der Waals surface area contributed by atoms with Gasteiger partial charge in [0.2, 0.25) is 0 Å². The minimum Gasteiger partial charge on any atom is -0.472 e. The van der Waals surface area contributed by atoms with Gasteiger partial charge in [0.1, 0.15) is 5.76 Å². The molecule has 14 rings (SSSR count). The molecule has 4 nitrogen and oxygen atoms in total. The molecule has 0 fully saturated rings. The van der Waals surface area contributed by atoms with Gasteiger partial charge < -0.3 is 19.1 Å². The van der Waals surface area contributed by atoms with Gasteiger partial charge in [-0.2, -0.15) is 0 Å². The molecule has 0 spiro atoms. The van der Waals surface area contributed by atoms with Gasteiger partial charge in [0.15, 0.2) is 0 Å². The number of anilines is 9. The lowest BCUT2D eigenvalue weighted by molar-refractivity contribution is 0.282. The van der Waals surface area contributed by atoms with E-state index < -0.39 is 0 Å². The molecule has 0 N–H and O–H groups in total. The molecule has 0 saturated heterocycles. The highest BCUT2D eigenvalue weighted by atomic mass is 16.3. The molecule has 0 saturated carbocycles.